The van der Waals surface area contributed by atoms with Crippen LogP contribution in [-0.4, -0.2) is 19.8 Å². The Balaban J connectivity index is 3.68. The molecule has 4 N–H and O–H groups in total. The van der Waals surface area contributed by atoms with E-state index in [0.29, 0.717) is 11.1 Å². The van der Waals surface area contributed by atoms with Crippen LogP contribution < -0.4 is 5.30 Å². The normalized spacial score (nSPS) is 14.6. The number of hydrogen-bond donors (Lipinski definition) is 4. The Morgan fingerprint density at radius 2 is 1.11 bits per heavy atom. The van der Waals surface area contributed by atoms with Gasteiger partial charge in [0.25, 0.3) is 0 Å². The maximum absolute atomic E-state index is 10.4. The standard InChI is InChI=1S/C14H25O4P/c1-13(2,3)10-7-9(19(16,17)18)8-11(12(10)15)14(4,5)6/h7-8,15-19H,1-6H3. The van der Waals surface area contributed by atoms with Crippen molar-refractivity contribution >= 4 is 13.2 Å². The van der Waals surface area contributed by atoms with E-state index in [1.807, 2.05) is 41.5 Å². The summed E-state index contributed by atoms with van der Waals surface area (Å²) in [5.41, 5.74) is 0.479. The van der Waals surface area contributed by atoms with Crippen LogP contribution in [0.15, 0.2) is 12.1 Å². The molecule has 1 aromatic carbocycles. The van der Waals surface area contributed by atoms with Crippen LogP contribution in [0.1, 0.15) is 52.7 Å². The van der Waals surface area contributed by atoms with E-state index in [0.717, 1.165) is 0 Å². The van der Waals surface area contributed by atoms with E-state index in [4.69, 9.17) is 0 Å². The summed E-state index contributed by atoms with van der Waals surface area (Å²) in [4.78, 5) is 28.6. The summed E-state index contributed by atoms with van der Waals surface area (Å²) in [5, 5.41) is 10.5. The van der Waals surface area contributed by atoms with Crippen molar-refractivity contribution in [1.82, 2.24) is 0 Å². The van der Waals surface area contributed by atoms with Gasteiger partial charge in [0.15, 0.2) is 0 Å². The maximum atomic E-state index is 10.4. The molecule has 0 saturated carbocycles. The van der Waals surface area contributed by atoms with Crippen molar-refractivity contribution in [2.45, 2.75) is 52.4 Å². The van der Waals surface area contributed by atoms with Gasteiger partial charge in [-0.1, -0.05) is 0 Å². The van der Waals surface area contributed by atoms with Gasteiger partial charge in [0.05, 0.1) is 0 Å². The molecule has 0 spiro atoms. The quantitative estimate of drug-likeness (QED) is 0.596. The topological polar surface area (TPSA) is 80.9 Å². The first kappa shape index (κ1) is 16.4. The molecule has 0 aliphatic rings. The molecule has 1 rings (SSSR count). The summed E-state index contributed by atoms with van der Waals surface area (Å²) in [6.45, 7) is 11.5. The molecule has 0 radical (unpaired) electrons. The molecule has 0 heterocycles. The number of phenols is 1. The van der Waals surface area contributed by atoms with Gasteiger partial charge in [-0.3, -0.25) is 0 Å². The molecular formula is C14H25O4P. The molecule has 0 amide bonds. The van der Waals surface area contributed by atoms with Gasteiger partial charge >= 0.3 is 114 Å². The second-order valence-electron chi connectivity index (χ2n) is 7.06. The van der Waals surface area contributed by atoms with Gasteiger partial charge in [-0.25, -0.2) is 0 Å². The van der Waals surface area contributed by atoms with E-state index in [-0.39, 0.29) is 21.9 Å². The van der Waals surface area contributed by atoms with E-state index in [2.05, 4.69) is 0 Å². The van der Waals surface area contributed by atoms with E-state index >= 15 is 0 Å². The third-order valence-corrected chi connectivity index (χ3v) is 4.18. The van der Waals surface area contributed by atoms with Crippen LogP contribution in [0.5, 0.6) is 5.75 Å². The Morgan fingerprint density at radius 1 is 0.789 bits per heavy atom. The fraction of sp³-hybridized carbons (Fsp3) is 0.571. The Bertz CT molecular complexity index is 441. The molecule has 0 bridgehead atoms. The van der Waals surface area contributed by atoms with E-state index < -0.39 is 7.94 Å². The first-order chi connectivity index (χ1) is 8.24. The van der Waals surface area contributed by atoms with E-state index in [1.165, 1.54) is 12.1 Å². The predicted octanol–water partition coefficient (Wildman–Crippen LogP) is 2.08. The fourth-order valence-corrected chi connectivity index (χ4v) is 2.65. The molecule has 0 aliphatic carbocycles. The monoisotopic (exact) mass is 288 g/mol. The third kappa shape index (κ3) is 3.67. The van der Waals surface area contributed by atoms with Crippen molar-refractivity contribution in [3.05, 3.63) is 23.3 Å². The molecule has 5 heteroatoms. The van der Waals surface area contributed by atoms with Crippen LogP contribution in [0, 0.1) is 0 Å². The van der Waals surface area contributed by atoms with Crippen LogP contribution in [0.3, 0.4) is 0 Å². The molecular weight excluding hydrogens is 263 g/mol. The SMILES string of the molecule is CC(C)(C)c1cc([PH](O)(O)O)cc(C(C)(C)C)c1O. The molecule has 0 aromatic heterocycles. The number of phenolic OH excluding ortho intramolecular Hbond substituents is 1. The van der Waals surface area contributed by atoms with Gasteiger partial charge in [0.2, 0.25) is 0 Å². The molecule has 0 saturated heterocycles. The van der Waals surface area contributed by atoms with Gasteiger partial charge < -0.3 is 0 Å². The summed E-state index contributed by atoms with van der Waals surface area (Å²) < 4.78 is 0. The molecule has 4 nitrogen and oxygen atoms in total. The average molecular weight is 288 g/mol. The molecule has 110 valence electrons. The van der Waals surface area contributed by atoms with Crippen LogP contribution in [0.25, 0.3) is 0 Å². The third-order valence-electron chi connectivity index (χ3n) is 3.11. The van der Waals surface area contributed by atoms with Gasteiger partial charge in [0, 0.05) is 0 Å². The van der Waals surface area contributed by atoms with Crippen LogP contribution in [-0.2, 0) is 10.8 Å². The van der Waals surface area contributed by atoms with Crippen molar-refractivity contribution in [2.24, 2.45) is 0 Å². The Hall–Kier alpha value is -0.670. The van der Waals surface area contributed by atoms with Crippen molar-refractivity contribution in [3.8, 4) is 5.75 Å². The molecule has 0 atom stereocenters. The summed E-state index contributed by atoms with van der Waals surface area (Å²) >= 11 is 0. The molecule has 0 aliphatic heterocycles. The van der Waals surface area contributed by atoms with Crippen molar-refractivity contribution in [2.75, 3.05) is 0 Å². The summed E-state index contributed by atoms with van der Waals surface area (Å²) in [5.74, 6) is 0.155. The fourth-order valence-electron chi connectivity index (χ4n) is 1.97. The number of aromatic hydroxyl groups is 1. The Kier molecular flexibility index (Phi) is 4.06. The zero-order valence-corrected chi connectivity index (χ0v) is 13.4. The second kappa shape index (κ2) is 4.71. The number of rotatable bonds is 1. The molecule has 1 aromatic rings. The number of benzene rings is 1. The summed E-state index contributed by atoms with van der Waals surface area (Å²) in [6.07, 6.45) is 0. The Morgan fingerprint density at radius 3 is 1.32 bits per heavy atom. The molecule has 0 fully saturated rings. The van der Waals surface area contributed by atoms with E-state index in [1.54, 1.807) is 0 Å². The summed E-state index contributed by atoms with van der Waals surface area (Å²) in [6, 6.07) is 2.97. The minimum absolute atomic E-state index is 0.0974. The first-order valence-electron chi connectivity index (χ1n) is 6.30. The molecule has 0 unspecified atom stereocenters. The van der Waals surface area contributed by atoms with Gasteiger partial charge in [-0.05, 0) is 0 Å². The van der Waals surface area contributed by atoms with Crippen LogP contribution in [0.2, 0.25) is 0 Å². The first-order valence-corrected chi connectivity index (χ1v) is 8.14. The van der Waals surface area contributed by atoms with Crippen molar-refractivity contribution < 1.29 is 19.8 Å². The number of hydrogen-bond acceptors (Lipinski definition) is 4. The van der Waals surface area contributed by atoms with Gasteiger partial charge in [0.1, 0.15) is 0 Å². The van der Waals surface area contributed by atoms with Crippen molar-refractivity contribution in [3.63, 3.8) is 0 Å². The van der Waals surface area contributed by atoms with Gasteiger partial charge in [-0.15, -0.1) is 0 Å². The van der Waals surface area contributed by atoms with Gasteiger partial charge in [-0.2, -0.15) is 0 Å². The zero-order valence-electron chi connectivity index (χ0n) is 12.4. The minimum atomic E-state index is -4.39. The van der Waals surface area contributed by atoms with Crippen LogP contribution >= 0.6 is 7.94 Å². The van der Waals surface area contributed by atoms with Crippen LogP contribution in [0.4, 0.5) is 0 Å². The second-order valence-corrected chi connectivity index (χ2v) is 8.90. The molecule has 19 heavy (non-hydrogen) atoms. The van der Waals surface area contributed by atoms with E-state index in [9.17, 15) is 19.8 Å². The van der Waals surface area contributed by atoms with Crippen molar-refractivity contribution in [1.29, 1.82) is 0 Å². The average Bonchev–Trinajstić information content (AvgIpc) is 2.11. The Labute approximate surface area is 115 Å². The summed E-state index contributed by atoms with van der Waals surface area (Å²) in [7, 11) is -4.39. The zero-order chi connectivity index (χ0) is 15.2. The predicted molar refractivity (Wildman–Crippen MR) is 80.1 cm³/mol.